The number of carbonyl (C=O) groups excluding carboxylic acids is 2. The number of carbonyl (C=O) groups is 2. The van der Waals surface area contributed by atoms with Crippen LogP contribution in [0.1, 0.15) is 25.3 Å². The van der Waals surface area contributed by atoms with E-state index in [0.29, 0.717) is 24.4 Å². The molecule has 1 aliphatic rings. The van der Waals surface area contributed by atoms with Gasteiger partial charge in [0.05, 0.1) is 31.1 Å². The summed E-state index contributed by atoms with van der Waals surface area (Å²) >= 11 is 0. The van der Waals surface area contributed by atoms with Crippen LogP contribution in [-0.2, 0) is 14.3 Å². The fraction of sp³-hybridized carbons (Fsp3) is 0.556. The number of rotatable bonds is 7. The highest BCUT2D eigenvalue weighted by atomic mass is 16.6. The number of nitro groups is 1. The number of hydrogen-bond donors (Lipinski definition) is 1. The minimum absolute atomic E-state index is 0.0845. The second-order valence-electron chi connectivity index (χ2n) is 6.47. The third kappa shape index (κ3) is 5.40. The first-order valence-corrected chi connectivity index (χ1v) is 8.87. The highest BCUT2D eigenvalue weighted by Crippen LogP contribution is 2.32. The Hall–Kier alpha value is -2.68. The van der Waals surface area contributed by atoms with E-state index in [1.54, 1.807) is 13.8 Å². The molecule has 0 saturated carbocycles. The van der Waals surface area contributed by atoms with E-state index in [1.165, 1.54) is 19.2 Å². The number of nitro benzene ring substituents is 1. The van der Waals surface area contributed by atoms with Gasteiger partial charge in [-0.15, -0.1) is 0 Å². The predicted octanol–water partition coefficient (Wildman–Crippen LogP) is 2.13. The first kappa shape index (κ1) is 20.6. The van der Waals surface area contributed by atoms with Crippen molar-refractivity contribution in [2.75, 3.05) is 38.7 Å². The summed E-state index contributed by atoms with van der Waals surface area (Å²) in [7, 11) is 1.34. The van der Waals surface area contributed by atoms with Crippen LogP contribution in [0.2, 0.25) is 0 Å². The van der Waals surface area contributed by atoms with Crippen molar-refractivity contribution in [1.82, 2.24) is 4.90 Å². The normalized spacial score (nSPS) is 17.2. The number of ether oxygens (including phenoxy) is 2. The SMILES string of the molecule is CCOC(=O)C1CCCN(CC(=O)Nc2cc(OC)c([N+](=O)[O-])cc2C)C1. The van der Waals surface area contributed by atoms with Crippen LogP contribution >= 0.6 is 0 Å². The summed E-state index contributed by atoms with van der Waals surface area (Å²) < 4.78 is 10.1. The molecule has 0 radical (unpaired) electrons. The van der Waals surface area contributed by atoms with Gasteiger partial charge in [0.1, 0.15) is 0 Å². The molecule has 1 aromatic rings. The van der Waals surface area contributed by atoms with Gasteiger partial charge in [0.15, 0.2) is 5.75 Å². The first-order valence-electron chi connectivity index (χ1n) is 8.87. The maximum Gasteiger partial charge on any atom is 0.311 e. The number of benzene rings is 1. The summed E-state index contributed by atoms with van der Waals surface area (Å²) in [5.74, 6) is -0.606. The average Bonchev–Trinajstić information content (AvgIpc) is 2.63. The van der Waals surface area contributed by atoms with E-state index >= 15 is 0 Å². The van der Waals surface area contributed by atoms with Gasteiger partial charge in [-0.05, 0) is 38.8 Å². The zero-order valence-corrected chi connectivity index (χ0v) is 15.8. The number of esters is 1. The van der Waals surface area contributed by atoms with Gasteiger partial charge in [-0.3, -0.25) is 24.6 Å². The summed E-state index contributed by atoms with van der Waals surface area (Å²) in [5, 5.41) is 13.8. The highest BCUT2D eigenvalue weighted by molar-refractivity contribution is 5.93. The van der Waals surface area contributed by atoms with Crippen LogP contribution < -0.4 is 10.1 Å². The molecule has 1 unspecified atom stereocenters. The molecule has 1 amide bonds. The summed E-state index contributed by atoms with van der Waals surface area (Å²) in [6, 6.07) is 2.81. The number of aryl methyl sites for hydroxylation is 1. The lowest BCUT2D eigenvalue weighted by Gasteiger charge is -2.30. The van der Waals surface area contributed by atoms with Gasteiger partial charge in [0.2, 0.25) is 5.91 Å². The Kier molecular flexibility index (Phi) is 7.12. The number of piperidine rings is 1. The van der Waals surface area contributed by atoms with Crippen molar-refractivity contribution >= 4 is 23.3 Å². The number of nitrogens with one attached hydrogen (secondary N) is 1. The predicted molar refractivity (Wildman–Crippen MR) is 98.8 cm³/mol. The van der Waals surface area contributed by atoms with E-state index in [1.807, 2.05) is 4.90 Å². The fourth-order valence-electron chi connectivity index (χ4n) is 3.16. The van der Waals surface area contributed by atoms with Gasteiger partial charge in [-0.2, -0.15) is 0 Å². The van der Waals surface area contributed by atoms with Crippen molar-refractivity contribution < 1.29 is 24.0 Å². The molecule has 1 saturated heterocycles. The second-order valence-corrected chi connectivity index (χ2v) is 6.47. The molecule has 0 spiro atoms. The van der Waals surface area contributed by atoms with Gasteiger partial charge in [-0.25, -0.2) is 0 Å². The third-order valence-corrected chi connectivity index (χ3v) is 4.49. The lowest BCUT2D eigenvalue weighted by atomic mass is 9.98. The van der Waals surface area contributed by atoms with Crippen molar-refractivity contribution in [3.8, 4) is 5.75 Å². The van der Waals surface area contributed by atoms with Crippen molar-refractivity contribution in [3.05, 3.63) is 27.8 Å². The molecule has 1 aromatic carbocycles. The van der Waals surface area contributed by atoms with Crippen LogP contribution in [-0.4, -0.2) is 55.1 Å². The molecular formula is C18H25N3O6. The monoisotopic (exact) mass is 379 g/mol. The molecule has 1 N–H and O–H groups in total. The molecule has 1 aliphatic heterocycles. The Morgan fingerprint density at radius 3 is 2.78 bits per heavy atom. The van der Waals surface area contributed by atoms with Gasteiger partial charge < -0.3 is 14.8 Å². The van der Waals surface area contributed by atoms with E-state index in [4.69, 9.17) is 9.47 Å². The summed E-state index contributed by atoms with van der Waals surface area (Å²) in [6.07, 6.45) is 1.58. The van der Waals surface area contributed by atoms with Crippen molar-refractivity contribution in [2.24, 2.45) is 5.92 Å². The Bertz CT molecular complexity index is 721. The number of hydrogen-bond acceptors (Lipinski definition) is 7. The van der Waals surface area contributed by atoms with E-state index in [-0.39, 0.29) is 35.8 Å². The van der Waals surface area contributed by atoms with Gasteiger partial charge >= 0.3 is 11.7 Å². The Balaban J connectivity index is 2.01. The van der Waals surface area contributed by atoms with Crippen LogP contribution in [0.15, 0.2) is 12.1 Å². The van der Waals surface area contributed by atoms with Crippen LogP contribution in [0, 0.1) is 23.0 Å². The third-order valence-electron chi connectivity index (χ3n) is 4.49. The molecule has 9 nitrogen and oxygen atoms in total. The molecule has 1 atom stereocenters. The maximum absolute atomic E-state index is 12.4. The van der Waals surface area contributed by atoms with Crippen molar-refractivity contribution in [1.29, 1.82) is 0 Å². The number of likely N-dealkylation sites (tertiary alicyclic amines) is 1. The minimum Gasteiger partial charge on any atom is -0.490 e. The zero-order chi connectivity index (χ0) is 20.0. The van der Waals surface area contributed by atoms with Gasteiger partial charge in [0.25, 0.3) is 0 Å². The van der Waals surface area contributed by atoms with E-state index in [2.05, 4.69) is 5.32 Å². The van der Waals surface area contributed by atoms with Crippen LogP contribution in [0.5, 0.6) is 5.75 Å². The zero-order valence-electron chi connectivity index (χ0n) is 15.8. The molecule has 27 heavy (non-hydrogen) atoms. The molecule has 148 valence electrons. The van der Waals surface area contributed by atoms with Crippen molar-refractivity contribution in [2.45, 2.75) is 26.7 Å². The largest absolute Gasteiger partial charge is 0.490 e. The number of nitrogens with zero attached hydrogens (tertiary/aromatic N) is 2. The molecule has 1 fully saturated rings. The highest BCUT2D eigenvalue weighted by Gasteiger charge is 2.28. The van der Waals surface area contributed by atoms with Gasteiger partial charge in [0, 0.05) is 24.4 Å². The molecule has 0 aromatic heterocycles. The minimum atomic E-state index is -0.527. The lowest BCUT2D eigenvalue weighted by molar-refractivity contribution is -0.385. The van der Waals surface area contributed by atoms with E-state index < -0.39 is 4.92 Å². The Morgan fingerprint density at radius 1 is 1.41 bits per heavy atom. The molecule has 0 aliphatic carbocycles. The summed E-state index contributed by atoms with van der Waals surface area (Å²) in [4.78, 5) is 36.8. The summed E-state index contributed by atoms with van der Waals surface area (Å²) in [5.41, 5.74) is 0.876. The molecule has 9 heteroatoms. The quantitative estimate of drug-likeness (QED) is 0.439. The number of amides is 1. The van der Waals surface area contributed by atoms with Crippen LogP contribution in [0.3, 0.4) is 0 Å². The molecule has 2 rings (SSSR count). The number of methoxy groups -OCH3 is 1. The second kappa shape index (κ2) is 9.31. The molecule has 1 heterocycles. The van der Waals surface area contributed by atoms with E-state index in [0.717, 1.165) is 19.4 Å². The summed E-state index contributed by atoms with van der Waals surface area (Å²) in [6.45, 7) is 5.14. The van der Waals surface area contributed by atoms with E-state index in [9.17, 15) is 19.7 Å². The average molecular weight is 379 g/mol. The Labute approximate surface area is 157 Å². The van der Waals surface area contributed by atoms with Crippen LogP contribution in [0.25, 0.3) is 0 Å². The topological polar surface area (TPSA) is 111 Å². The fourth-order valence-corrected chi connectivity index (χ4v) is 3.16. The first-order chi connectivity index (χ1) is 12.8. The van der Waals surface area contributed by atoms with Gasteiger partial charge in [-0.1, -0.05) is 0 Å². The maximum atomic E-state index is 12.4. The van der Waals surface area contributed by atoms with Crippen LogP contribution in [0.4, 0.5) is 11.4 Å². The smallest absolute Gasteiger partial charge is 0.311 e. The molecule has 0 bridgehead atoms. The lowest BCUT2D eigenvalue weighted by Crippen LogP contribution is -2.43. The number of anilines is 1. The molecular weight excluding hydrogens is 354 g/mol. The van der Waals surface area contributed by atoms with Crippen molar-refractivity contribution in [3.63, 3.8) is 0 Å². The Morgan fingerprint density at radius 2 is 2.15 bits per heavy atom. The standard InChI is InChI=1S/C18H25N3O6/c1-4-27-18(23)13-6-5-7-20(10-13)11-17(22)19-14-9-16(26-3)15(21(24)25)8-12(14)2/h8-9,13H,4-7,10-11H2,1-3H3,(H,19,22).